The van der Waals surface area contributed by atoms with Crippen LogP contribution in [0.5, 0.6) is 0 Å². The molecule has 2 aliphatic rings. The van der Waals surface area contributed by atoms with Crippen LogP contribution in [0.25, 0.3) is 0 Å². The first-order valence-electron chi connectivity index (χ1n) is 5.17. The van der Waals surface area contributed by atoms with Gasteiger partial charge in [0.2, 0.25) is 11.8 Å². The zero-order valence-corrected chi connectivity index (χ0v) is 10.1. The summed E-state index contributed by atoms with van der Waals surface area (Å²) in [7, 11) is 0. The van der Waals surface area contributed by atoms with Crippen LogP contribution in [0.3, 0.4) is 0 Å². The highest BCUT2D eigenvalue weighted by Crippen LogP contribution is 2.35. The van der Waals surface area contributed by atoms with Gasteiger partial charge in [-0.15, -0.1) is 0 Å². The average Bonchev–Trinajstić information content (AvgIpc) is 3.11. The zero-order valence-electron chi connectivity index (χ0n) is 8.39. The summed E-state index contributed by atoms with van der Waals surface area (Å²) in [6.07, 6.45) is 0. The number of rotatable bonds is 4. The number of benzene rings is 1. The molecule has 15 heavy (non-hydrogen) atoms. The molecular weight excluding hydrogens is 225 g/mol. The number of nitrogens with one attached hydrogen (secondary N) is 1. The third-order valence-electron chi connectivity index (χ3n) is 2.58. The molecule has 0 spiro atoms. The van der Waals surface area contributed by atoms with Crippen molar-refractivity contribution in [3.63, 3.8) is 0 Å². The van der Waals surface area contributed by atoms with Gasteiger partial charge in [-0.2, -0.15) is 5.09 Å². The van der Waals surface area contributed by atoms with E-state index < -0.39 is 7.00 Å². The molecule has 2 fully saturated rings. The Hall–Kier alpha value is -0.700. The summed E-state index contributed by atoms with van der Waals surface area (Å²) < 4.78 is 2.28. The highest BCUT2D eigenvalue weighted by atomic mass is 32.4. The fourth-order valence-electron chi connectivity index (χ4n) is 1.46. The molecule has 1 N–H and O–H groups in total. The molecule has 0 radical (unpaired) electrons. The minimum Gasteiger partial charge on any atom is -0.368 e. The van der Waals surface area contributed by atoms with Crippen molar-refractivity contribution in [3.8, 4) is 0 Å². The number of nitrogens with zero attached hydrogens (tertiary/aromatic N) is 2. The van der Waals surface area contributed by atoms with Crippen molar-refractivity contribution in [2.45, 2.75) is 0 Å². The van der Waals surface area contributed by atoms with Crippen LogP contribution in [-0.2, 0) is 11.8 Å². The van der Waals surface area contributed by atoms with Crippen molar-refractivity contribution in [3.05, 3.63) is 24.3 Å². The van der Waals surface area contributed by atoms with Crippen molar-refractivity contribution in [2.24, 2.45) is 0 Å². The van der Waals surface area contributed by atoms with Crippen molar-refractivity contribution in [1.82, 2.24) is 4.67 Å². The Balaban J connectivity index is 1.66. The van der Waals surface area contributed by atoms with Crippen molar-refractivity contribution < 1.29 is 0 Å². The average molecular weight is 238 g/mol. The molecule has 0 saturated carbocycles. The fraction of sp³-hybridized carbons (Fsp3) is 0.400. The van der Waals surface area contributed by atoms with E-state index in [0.717, 1.165) is 18.8 Å². The smallest absolute Gasteiger partial charge is 0.368 e. The standard InChI is InChI=1S/C10H13N3PS/c15-14(13-7-8-13)11-9-1-3-10(4-2-9)12-5-6-12/h1-4H,5-8H2,(H,11,15)/q+1. The predicted octanol–water partition coefficient (Wildman–Crippen LogP) is 2.01. The van der Waals surface area contributed by atoms with E-state index in [1.54, 1.807) is 0 Å². The van der Waals surface area contributed by atoms with E-state index in [-0.39, 0.29) is 0 Å². The van der Waals surface area contributed by atoms with Crippen LogP contribution in [0.15, 0.2) is 24.3 Å². The number of hydrogen-bond donors (Lipinski definition) is 1. The van der Waals surface area contributed by atoms with Gasteiger partial charge < -0.3 is 4.90 Å². The molecule has 1 aromatic rings. The Labute approximate surface area is 95.6 Å². The van der Waals surface area contributed by atoms with E-state index in [4.69, 9.17) is 11.8 Å². The van der Waals surface area contributed by atoms with Crippen LogP contribution in [0.1, 0.15) is 0 Å². The molecule has 3 nitrogen and oxygen atoms in total. The second kappa shape index (κ2) is 3.71. The van der Waals surface area contributed by atoms with E-state index in [9.17, 15) is 0 Å². The minimum absolute atomic E-state index is 0.561. The summed E-state index contributed by atoms with van der Waals surface area (Å²) in [6, 6.07) is 8.57. The molecule has 2 heterocycles. The van der Waals surface area contributed by atoms with Gasteiger partial charge >= 0.3 is 7.00 Å². The fourth-order valence-corrected chi connectivity index (χ4v) is 3.23. The Kier molecular flexibility index (Phi) is 2.35. The molecule has 0 aromatic heterocycles. The maximum atomic E-state index is 5.37. The highest BCUT2D eigenvalue weighted by molar-refractivity contribution is 8.04. The number of hydrogen-bond acceptors (Lipinski definition) is 2. The first-order chi connectivity index (χ1) is 7.33. The summed E-state index contributed by atoms with van der Waals surface area (Å²) >= 11 is 5.37. The molecule has 2 saturated heterocycles. The molecule has 1 aromatic carbocycles. The minimum atomic E-state index is -0.561. The third-order valence-corrected chi connectivity index (χ3v) is 4.91. The normalized spacial score (nSPS) is 20.0. The van der Waals surface area contributed by atoms with Gasteiger partial charge in [0.05, 0.1) is 18.8 Å². The lowest BCUT2D eigenvalue weighted by Crippen LogP contribution is -1.94. The number of anilines is 2. The van der Waals surface area contributed by atoms with Crippen LogP contribution in [0, 0.1) is 0 Å². The second-order valence-corrected chi connectivity index (χ2v) is 6.25. The maximum Gasteiger partial charge on any atom is 0.392 e. The molecule has 1 atom stereocenters. The van der Waals surface area contributed by atoms with E-state index in [0.29, 0.717) is 0 Å². The van der Waals surface area contributed by atoms with Crippen molar-refractivity contribution in [1.29, 1.82) is 0 Å². The summed E-state index contributed by atoms with van der Waals surface area (Å²) in [5.41, 5.74) is 2.47. The molecule has 3 rings (SSSR count). The van der Waals surface area contributed by atoms with Gasteiger partial charge in [0.15, 0.2) is 0 Å². The van der Waals surface area contributed by atoms with Crippen LogP contribution in [0.4, 0.5) is 11.4 Å². The first-order valence-corrected chi connectivity index (χ1v) is 7.47. The van der Waals surface area contributed by atoms with Gasteiger partial charge in [0.1, 0.15) is 0 Å². The van der Waals surface area contributed by atoms with Crippen molar-refractivity contribution in [2.75, 3.05) is 36.2 Å². The van der Waals surface area contributed by atoms with Gasteiger partial charge in [-0.25, -0.2) is 0 Å². The van der Waals surface area contributed by atoms with Crippen LogP contribution >= 0.6 is 7.00 Å². The largest absolute Gasteiger partial charge is 0.392 e. The highest BCUT2D eigenvalue weighted by Gasteiger charge is 2.34. The lowest BCUT2D eigenvalue weighted by Gasteiger charge is -2.02. The summed E-state index contributed by atoms with van der Waals surface area (Å²) in [4.78, 5) is 2.34. The predicted molar refractivity (Wildman–Crippen MR) is 68.1 cm³/mol. The molecule has 0 aliphatic carbocycles. The van der Waals surface area contributed by atoms with Gasteiger partial charge in [0, 0.05) is 18.8 Å². The van der Waals surface area contributed by atoms with E-state index in [1.807, 2.05) is 0 Å². The summed E-state index contributed by atoms with van der Waals surface area (Å²) in [6.45, 7) is 4.17. The Bertz CT molecular complexity index is 384. The van der Waals surface area contributed by atoms with E-state index in [1.165, 1.54) is 18.8 Å². The maximum absolute atomic E-state index is 5.37. The topological polar surface area (TPSA) is 18.0 Å². The molecule has 1 unspecified atom stereocenters. The molecule has 78 valence electrons. The van der Waals surface area contributed by atoms with E-state index in [2.05, 4.69) is 38.9 Å². The lowest BCUT2D eigenvalue weighted by molar-refractivity contribution is 0.940. The third kappa shape index (κ3) is 2.28. The van der Waals surface area contributed by atoms with Gasteiger partial charge in [0.25, 0.3) is 0 Å². The van der Waals surface area contributed by atoms with Crippen molar-refractivity contribution >= 4 is 30.2 Å². The van der Waals surface area contributed by atoms with Gasteiger partial charge in [-0.3, -0.25) is 0 Å². The molecular formula is C10H13N3PS+. The van der Waals surface area contributed by atoms with E-state index >= 15 is 0 Å². The summed E-state index contributed by atoms with van der Waals surface area (Å²) in [5.74, 6) is 0. The molecule has 0 bridgehead atoms. The second-order valence-electron chi connectivity index (χ2n) is 3.87. The Morgan fingerprint density at radius 3 is 2.27 bits per heavy atom. The summed E-state index contributed by atoms with van der Waals surface area (Å²) in [5, 5.41) is 3.38. The lowest BCUT2D eigenvalue weighted by atomic mass is 10.3. The first kappa shape index (κ1) is 9.52. The Morgan fingerprint density at radius 2 is 1.73 bits per heavy atom. The van der Waals surface area contributed by atoms with Gasteiger partial charge in [-0.05, 0) is 24.3 Å². The molecule has 5 heteroatoms. The van der Waals surface area contributed by atoms with Crippen LogP contribution in [-0.4, -0.2) is 30.8 Å². The Morgan fingerprint density at radius 1 is 1.07 bits per heavy atom. The molecule has 2 aliphatic heterocycles. The SMILES string of the molecule is S=[P+](Nc1ccc(N2CC2)cc1)N1CC1. The van der Waals surface area contributed by atoms with Crippen LogP contribution in [0.2, 0.25) is 0 Å². The monoisotopic (exact) mass is 238 g/mol. The quantitative estimate of drug-likeness (QED) is 0.638. The van der Waals surface area contributed by atoms with Gasteiger partial charge in [-0.1, -0.05) is 4.67 Å². The van der Waals surface area contributed by atoms with Crippen LogP contribution < -0.4 is 9.99 Å². The molecule has 0 amide bonds. The zero-order chi connectivity index (χ0) is 10.3.